The lowest BCUT2D eigenvalue weighted by Gasteiger charge is -2.34. The molecule has 1 unspecified atom stereocenters. The predicted molar refractivity (Wildman–Crippen MR) is 80.5 cm³/mol. The molecule has 19 heavy (non-hydrogen) atoms. The Bertz CT molecular complexity index is 375. The van der Waals surface area contributed by atoms with Crippen LogP contribution in [0.4, 0.5) is 5.69 Å². The fourth-order valence-electron chi connectivity index (χ4n) is 2.71. The highest BCUT2D eigenvalue weighted by Gasteiger charge is 2.20. The van der Waals surface area contributed by atoms with Gasteiger partial charge in [0.1, 0.15) is 0 Å². The summed E-state index contributed by atoms with van der Waals surface area (Å²) in [6.07, 6.45) is 3.76. The fourth-order valence-corrected chi connectivity index (χ4v) is 2.71. The molecule has 2 rings (SSSR count). The van der Waals surface area contributed by atoms with E-state index in [-0.39, 0.29) is 6.04 Å². The lowest BCUT2D eigenvalue weighted by molar-refractivity contribution is 0.0527. The van der Waals surface area contributed by atoms with Crippen LogP contribution in [0.1, 0.15) is 44.7 Å². The highest BCUT2D eigenvalue weighted by molar-refractivity contribution is 5.48. The van der Waals surface area contributed by atoms with Crippen molar-refractivity contribution in [2.45, 2.75) is 45.3 Å². The summed E-state index contributed by atoms with van der Waals surface area (Å²) in [6.45, 7) is 7.13. The summed E-state index contributed by atoms with van der Waals surface area (Å²) in [5, 5.41) is 0. The summed E-state index contributed by atoms with van der Waals surface area (Å²) >= 11 is 0. The SMILES string of the molecule is CCOC1CCCN(c2ccc([C@@H](N)CC)cc2)C1. The first-order valence-corrected chi connectivity index (χ1v) is 7.46. The minimum atomic E-state index is 0.159. The molecule has 1 fully saturated rings. The average molecular weight is 262 g/mol. The van der Waals surface area contributed by atoms with E-state index in [4.69, 9.17) is 10.5 Å². The van der Waals surface area contributed by atoms with E-state index in [1.807, 2.05) is 0 Å². The molecule has 1 aromatic rings. The van der Waals surface area contributed by atoms with Crippen molar-refractivity contribution in [2.75, 3.05) is 24.6 Å². The van der Waals surface area contributed by atoms with Crippen LogP contribution in [0.5, 0.6) is 0 Å². The van der Waals surface area contributed by atoms with Crippen molar-refractivity contribution >= 4 is 5.69 Å². The summed E-state index contributed by atoms with van der Waals surface area (Å²) < 4.78 is 5.75. The Morgan fingerprint density at radius 3 is 2.68 bits per heavy atom. The molecule has 0 radical (unpaired) electrons. The second-order valence-electron chi connectivity index (χ2n) is 5.27. The van der Waals surface area contributed by atoms with Gasteiger partial charge >= 0.3 is 0 Å². The first kappa shape index (κ1) is 14.4. The molecule has 1 aliphatic heterocycles. The van der Waals surface area contributed by atoms with Crippen molar-refractivity contribution < 1.29 is 4.74 Å². The molecule has 0 aliphatic carbocycles. The van der Waals surface area contributed by atoms with Gasteiger partial charge in [-0.05, 0) is 43.9 Å². The van der Waals surface area contributed by atoms with Crippen LogP contribution in [0, 0.1) is 0 Å². The van der Waals surface area contributed by atoms with Gasteiger partial charge in [-0.3, -0.25) is 0 Å². The molecule has 0 bridgehead atoms. The molecule has 0 aromatic heterocycles. The molecule has 3 heteroatoms. The number of nitrogens with two attached hydrogens (primary N) is 1. The van der Waals surface area contributed by atoms with Gasteiger partial charge in [0.05, 0.1) is 6.10 Å². The summed E-state index contributed by atoms with van der Waals surface area (Å²) in [5.74, 6) is 0. The van der Waals surface area contributed by atoms with Crippen molar-refractivity contribution in [1.82, 2.24) is 0 Å². The number of piperidine rings is 1. The van der Waals surface area contributed by atoms with Crippen molar-refractivity contribution in [3.63, 3.8) is 0 Å². The van der Waals surface area contributed by atoms with Crippen molar-refractivity contribution in [3.05, 3.63) is 29.8 Å². The summed E-state index contributed by atoms with van der Waals surface area (Å²) in [7, 11) is 0. The third kappa shape index (κ3) is 3.71. The zero-order valence-electron chi connectivity index (χ0n) is 12.1. The molecule has 1 aromatic carbocycles. The Morgan fingerprint density at radius 2 is 2.05 bits per heavy atom. The largest absolute Gasteiger partial charge is 0.377 e. The van der Waals surface area contributed by atoms with Gasteiger partial charge in [-0.25, -0.2) is 0 Å². The second-order valence-corrected chi connectivity index (χ2v) is 5.27. The van der Waals surface area contributed by atoms with Gasteiger partial charge in [0.2, 0.25) is 0 Å². The molecule has 3 nitrogen and oxygen atoms in total. The van der Waals surface area contributed by atoms with Crippen LogP contribution < -0.4 is 10.6 Å². The molecule has 106 valence electrons. The molecule has 2 N–H and O–H groups in total. The molecule has 0 spiro atoms. The quantitative estimate of drug-likeness (QED) is 0.886. The van der Waals surface area contributed by atoms with Gasteiger partial charge < -0.3 is 15.4 Å². The van der Waals surface area contributed by atoms with E-state index in [1.54, 1.807) is 0 Å². The number of benzene rings is 1. The standard InChI is InChI=1S/C16H26N2O/c1-3-16(17)13-7-9-14(10-8-13)18-11-5-6-15(12-18)19-4-2/h7-10,15-16H,3-6,11-12,17H2,1-2H3/t15?,16-/m0/s1. The topological polar surface area (TPSA) is 38.5 Å². The molecule has 0 amide bonds. The zero-order chi connectivity index (χ0) is 13.7. The molecule has 0 saturated carbocycles. The zero-order valence-corrected chi connectivity index (χ0v) is 12.1. The van der Waals surface area contributed by atoms with E-state index >= 15 is 0 Å². The lowest BCUT2D eigenvalue weighted by atomic mass is 10.0. The van der Waals surface area contributed by atoms with Crippen molar-refractivity contribution in [3.8, 4) is 0 Å². The number of ether oxygens (including phenoxy) is 1. The van der Waals surface area contributed by atoms with Gasteiger partial charge in [-0.15, -0.1) is 0 Å². The van der Waals surface area contributed by atoms with Crippen molar-refractivity contribution in [1.29, 1.82) is 0 Å². The molecule has 1 heterocycles. The van der Waals surface area contributed by atoms with Crippen LogP contribution >= 0.6 is 0 Å². The van der Waals surface area contributed by atoms with Crippen LogP contribution in [-0.2, 0) is 4.74 Å². The average Bonchev–Trinajstić information content (AvgIpc) is 2.47. The minimum absolute atomic E-state index is 0.159. The Labute approximate surface area is 116 Å². The van der Waals surface area contributed by atoms with Gasteiger partial charge in [-0.1, -0.05) is 19.1 Å². The normalized spacial score (nSPS) is 21.4. The Morgan fingerprint density at radius 1 is 1.32 bits per heavy atom. The molecule has 2 atom stereocenters. The van der Waals surface area contributed by atoms with E-state index in [0.717, 1.165) is 26.1 Å². The van der Waals surface area contributed by atoms with E-state index in [2.05, 4.69) is 43.0 Å². The number of rotatable bonds is 5. The van der Waals surface area contributed by atoms with Crippen LogP contribution in [0.2, 0.25) is 0 Å². The van der Waals surface area contributed by atoms with Crippen LogP contribution in [0.15, 0.2) is 24.3 Å². The first-order chi connectivity index (χ1) is 9.24. The Kier molecular flexibility index (Phi) is 5.23. The highest BCUT2D eigenvalue weighted by Crippen LogP contribution is 2.23. The molecule has 1 aliphatic rings. The maximum absolute atomic E-state index is 6.05. The summed E-state index contributed by atoms with van der Waals surface area (Å²) in [5.41, 5.74) is 8.57. The van der Waals surface area contributed by atoms with E-state index in [9.17, 15) is 0 Å². The van der Waals surface area contributed by atoms with Crippen molar-refractivity contribution in [2.24, 2.45) is 5.73 Å². The van der Waals surface area contributed by atoms with Crippen LogP contribution in [0.25, 0.3) is 0 Å². The summed E-state index contributed by atoms with van der Waals surface area (Å²) in [6, 6.07) is 8.87. The number of hydrogen-bond acceptors (Lipinski definition) is 3. The monoisotopic (exact) mass is 262 g/mol. The second kappa shape index (κ2) is 6.92. The molecular weight excluding hydrogens is 236 g/mol. The van der Waals surface area contributed by atoms with Gasteiger partial charge in [0, 0.05) is 31.4 Å². The number of hydrogen-bond donors (Lipinski definition) is 1. The highest BCUT2D eigenvalue weighted by atomic mass is 16.5. The fraction of sp³-hybridized carbons (Fsp3) is 0.625. The predicted octanol–water partition coefficient (Wildman–Crippen LogP) is 3.10. The van der Waals surface area contributed by atoms with E-state index in [1.165, 1.54) is 24.1 Å². The number of nitrogens with zero attached hydrogens (tertiary/aromatic N) is 1. The lowest BCUT2D eigenvalue weighted by Crippen LogP contribution is -2.39. The third-order valence-corrected chi connectivity index (χ3v) is 3.91. The third-order valence-electron chi connectivity index (χ3n) is 3.91. The molecule has 1 saturated heterocycles. The van der Waals surface area contributed by atoms with Gasteiger partial charge in [0.25, 0.3) is 0 Å². The molecular formula is C16H26N2O. The van der Waals surface area contributed by atoms with Crippen LogP contribution in [0.3, 0.4) is 0 Å². The number of anilines is 1. The minimum Gasteiger partial charge on any atom is -0.377 e. The first-order valence-electron chi connectivity index (χ1n) is 7.46. The Hall–Kier alpha value is -1.06. The van der Waals surface area contributed by atoms with Gasteiger partial charge in [0.15, 0.2) is 0 Å². The van der Waals surface area contributed by atoms with Crippen LogP contribution in [-0.4, -0.2) is 25.8 Å². The smallest absolute Gasteiger partial charge is 0.0750 e. The maximum Gasteiger partial charge on any atom is 0.0750 e. The van der Waals surface area contributed by atoms with E-state index in [0.29, 0.717) is 6.10 Å². The Balaban J connectivity index is 2.01. The maximum atomic E-state index is 6.05. The van der Waals surface area contributed by atoms with Gasteiger partial charge in [-0.2, -0.15) is 0 Å². The summed E-state index contributed by atoms with van der Waals surface area (Å²) in [4.78, 5) is 2.42. The van der Waals surface area contributed by atoms with E-state index < -0.39 is 0 Å².